The summed E-state index contributed by atoms with van der Waals surface area (Å²) in [6.45, 7) is 0.125. The molecule has 0 unspecified atom stereocenters. The van der Waals surface area contributed by atoms with Gasteiger partial charge in [-0.3, -0.25) is 14.5 Å². The zero-order chi connectivity index (χ0) is 21.8. The second-order valence-electron chi connectivity index (χ2n) is 6.68. The maximum absolute atomic E-state index is 12.8. The molecule has 1 fully saturated rings. The van der Waals surface area contributed by atoms with Crippen molar-refractivity contribution in [3.63, 3.8) is 0 Å². The summed E-state index contributed by atoms with van der Waals surface area (Å²) in [4.78, 5) is 26.5. The summed E-state index contributed by atoms with van der Waals surface area (Å²) < 4.78 is 0. The van der Waals surface area contributed by atoms with E-state index in [1.54, 1.807) is 36.4 Å². The Balaban J connectivity index is 1.56. The first-order valence-electron chi connectivity index (χ1n) is 9.29. The van der Waals surface area contributed by atoms with Gasteiger partial charge in [-0.2, -0.15) is 10.2 Å². The first-order chi connectivity index (χ1) is 15.0. The second-order valence-corrected chi connectivity index (χ2v) is 8.11. The van der Waals surface area contributed by atoms with Crippen molar-refractivity contribution in [2.24, 2.45) is 10.2 Å². The zero-order valence-corrected chi connectivity index (χ0v) is 17.7. The fourth-order valence-corrected chi connectivity index (χ4v) is 3.97. The molecule has 1 aliphatic rings. The summed E-state index contributed by atoms with van der Waals surface area (Å²) >= 11 is 6.81. The number of nitrogens with zero attached hydrogens (tertiary/aromatic N) is 3. The van der Waals surface area contributed by atoms with Crippen molar-refractivity contribution in [1.29, 1.82) is 0 Å². The normalized spacial score (nSPS) is 15.4. The molecule has 0 aliphatic carbocycles. The van der Waals surface area contributed by atoms with Gasteiger partial charge in [-0.15, -0.1) is 0 Å². The molecule has 3 aromatic rings. The molecule has 1 heterocycles. The van der Waals surface area contributed by atoms with Crippen LogP contribution in [0.15, 0.2) is 87.9 Å². The van der Waals surface area contributed by atoms with E-state index in [1.807, 2.05) is 30.3 Å². The van der Waals surface area contributed by atoms with E-state index in [2.05, 4.69) is 10.2 Å². The van der Waals surface area contributed by atoms with Gasteiger partial charge in [0.2, 0.25) is 0 Å². The zero-order valence-electron chi connectivity index (χ0n) is 16.1. The molecule has 8 heteroatoms. The lowest BCUT2D eigenvalue weighted by Gasteiger charge is -2.12. The summed E-state index contributed by atoms with van der Waals surface area (Å²) in [5.74, 6) is -0.453. The number of phenolic OH excluding ortho intramolecular Hbond substituents is 1. The van der Waals surface area contributed by atoms with Gasteiger partial charge in [0.15, 0.2) is 0 Å². The Bertz CT molecular complexity index is 1210. The number of rotatable bonds is 5. The van der Waals surface area contributed by atoms with Crippen LogP contribution in [0.2, 0.25) is 5.02 Å². The molecule has 1 N–H and O–H groups in total. The summed E-state index contributed by atoms with van der Waals surface area (Å²) in [5.41, 5.74) is 2.32. The van der Waals surface area contributed by atoms with E-state index in [4.69, 9.17) is 11.6 Å². The molecule has 4 rings (SSSR count). The van der Waals surface area contributed by atoms with Crippen molar-refractivity contribution in [3.8, 4) is 5.75 Å². The van der Waals surface area contributed by atoms with E-state index >= 15 is 0 Å². The number of amides is 2. The molecule has 154 valence electrons. The molecule has 0 radical (unpaired) electrons. The van der Waals surface area contributed by atoms with Crippen molar-refractivity contribution in [2.45, 2.75) is 6.54 Å². The number of hydrogen-bond donors (Lipinski definition) is 1. The lowest BCUT2D eigenvalue weighted by atomic mass is 10.1. The summed E-state index contributed by atoms with van der Waals surface area (Å²) in [7, 11) is 0. The van der Waals surface area contributed by atoms with Crippen LogP contribution in [0.5, 0.6) is 5.75 Å². The van der Waals surface area contributed by atoms with Gasteiger partial charge in [0, 0.05) is 10.6 Å². The first-order valence-corrected chi connectivity index (χ1v) is 10.5. The van der Waals surface area contributed by atoms with Crippen LogP contribution in [0.1, 0.15) is 11.1 Å². The monoisotopic (exact) mass is 449 g/mol. The first kappa shape index (κ1) is 20.8. The van der Waals surface area contributed by atoms with Crippen molar-refractivity contribution < 1.29 is 14.7 Å². The van der Waals surface area contributed by atoms with Crippen LogP contribution in [0.3, 0.4) is 0 Å². The molecule has 2 amide bonds. The van der Waals surface area contributed by atoms with Gasteiger partial charge in [0.05, 0.1) is 22.8 Å². The van der Waals surface area contributed by atoms with Crippen LogP contribution in [0.25, 0.3) is 6.08 Å². The van der Waals surface area contributed by atoms with Crippen molar-refractivity contribution in [2.75, 3.05) is 0 Å². The molecule has 0 aromatic heterocycles. The molecule has 31 heavy (non-hydrogen) atoms. The highest BCUT2D eigenvalue weighted by atomic mass is 35.5. The number of phenols is 1. The Morgan fingerprint density at radius 2 is 1.71 bits per heavy atom. The minimum absolute atomic E-state index is 0.0275. The second kappa shape index (κ2) is 9.16. The average molecular weight is 450 g/mol. The highest BCUT2D eigenvalue weighted by molar-refractivity contribution is 8.18. The lowest BCUT2D eigenvalue weighted by molar-refractivity contribution is -0.123. The van der Waals surface area contributed by atoms with Gasteiger partial charge in [-0.05, 0) is 65.9 Å². The van der Waals surface area contributed by atoms with Gasteiger partial charge in [0.25, 0.3) is 11.1 Å². The number of carbonyl (C=O) groups is 2. The lowest BCUT2D eigenvalue weighted by Crippen LogP contribution is -2.27. The Hall–Kier alpha value is -3.42. The molecule has 0 atom stereocenters. The topological polar surface area (TPSA) is 82.3 Å². The number of imide groups is 1. The Morgan fingerprint density at radius 1 is 0.935 bits per heavy atom. The Morgan fingerprint density at radius 3 is 2.48 bits per heavy atom. The number of aromatic hydroxyl groups is 1. The van der Waals surface area contributed by atoms with Crippen LogP contribution < -0.4 is 0 Å². The van der Waals surface area contributed by atoms with Crippen LogP contribution in [-0.4, -0.2) is 21.2 Å². The van der Waals surface area contributed by atoms with Gasteiger partial charge >= 0.3 is 0 Å². The number of halogens is 1. The van der Waals surface area contributed by atoms with E-state index in [9.17, 15) is 14.7 Å². The molecular weight excluding hydrogens is 434 g/mol. The number of hydrogen-bond acceptors (Lipinski definition) is 6. The van der Waals surface area contributed by atoms with Crippen molar-refractivity contribution in [1.82, 2.24) is 4.90 Å². The SMILES string of the molecule is O=C1S/C(=C\c2cc(N=Nc3ccccc3)ccc2O)C(=O)N1Cc1cccc(Cl)c1. The number of benzene rings is 3. The van der Waals surface area contributed by atoms with Gasteiger partial charge in [-0.25, -0.2) is 0 Å². The Kier molecular flexibility index (Phi) is 6.16. The van der Waals surface area contributed by atoms with E-state index in [1.165, 1.54) is 12.1 Å². The van der Waals surface area contributed by atoms with Gasteiger partial charge in [0.1, 0.15) is 5.75 Å². The third kappa shape index (κ3) is 5.02. The minimum Gasteiger partial charge on any atom is -0.507 e. The summed E-state index contributed by atoms with van der Waals surface area (Å²) in [6, 6.07) is 20.9. The smallest absolute Gasteiger partial charge is 0.293 e. The van der Waals surface area contributed by atoms with Gasteiger partial charge < -0.3 is 5.11 Å². The molecule has 0 spiro atoms. The Labute approximate surface area is 187 Å². The van der Waals surface area contributed by atoms with E-state index in [0.29, 0.717) is 22.0 Å². The van der Waals surface area contributed by atoms with Crippen LogP contribution >= 0.6 is 23.4 Å². The van der Waals surface area contributed by atoms with Gasteiger partial charge in [-0.1, -0.05) is 41.9 Å². The largest absolute Gasteiger partial charge is 0.507 e. The van der Waals surface area contributed by atoms with E-state index in [-0.39, 0.29) is 22.4 Å². The third-order valence-corrected chi connectivity index (χ3v) is 5.58. The van der Waals surface area contributed by atoms with Crippen LogP contribution in [-0.2, 0) is 11.3 Å². The molecule has 1 aliphatic heterocycles. The standard InChI is InChI=1S/C23H16ClN3O3S/c24-17-6-4-5-15(11-17)14-27-22(29)21(31-23(27)30)13-16-12-19(9-10-20(16)28)26-25-18-7-2-1-3-8-18/h1-13,28H,14H2/b21-13-,26-25?. The van der Waals surface area contributed by atoms with Crippen molar-refractivity contribution in [3.05, 3.63) is 93.9 Å². The van der Waals surface area contributed by atoms with Crippen LogP contribution in [0, 0.1) is 0 Å². The van der Waals surface area contributed by atoms with E-state index in [0.717, 1.165) is 22.2 Å². The predicted molar refractivity (Wildman–Crippen MR) is 122 cm³/mol. The van der Waals surface area contributed by atoms with Crippen molar-refractivity contribution >= 4 is 52.0 Å². The molecule has 3 aromatic carbocycles. The summed E-state index contributed by atoms with van der Waals surface area (Å²) in [5, 5.41) is 18.7. The average Bonchev–Trinajstić information content (AvgIpc) is 3.02. The molecule has 6 nitrogen and oxygen atoms in total. The third-order valence-electron chi connectivity index (χ3n) is 4.44. The molecular formula is C23H16ClN3O3S. The fourth-order valence-electron chi connectivity index (χ4n) is 2.93. The molecule has 0 saturated carbocycles. The van der Waals surface area contributed by atoms with Crippen LogP contribution in [0.4, 0.5) is 16.2 Å². The maximum Gasteiger partial charge on any atom is 0.293 e. The highest BCUT2D eigenvalue weighted by Crippen LogP contribution is 2.36. The number of thioether (sulfide) groups is 1. The number of azo groups is 1. The quantitative estimate of drug-likeness (QED) is 0.347. The van der Waals surface area contributed by atoms with E-state index < -0.39 is 5.91 Å². The molecule has 1 saturated heterocycles. The molecule has 0 bridgehead atoms. The highest BCUT2D eigenvalue weighted by Gasteiger charge is 2.35. The summed E-state index contributed by atoms with van der Waals surface area (Å²) in [6.07, 6.45) is 1.49. The maximum atomic E-state index is 12.8. The number of carbonyl (C=O) groups excluding carboxylic acids is 2. The fraction of sp³-hybridized carbons (Fsp3) is 0.0435. The minimum atomic E-state index is -0.425. The predicted octanol–water partition coefficient (Wildman–Crippen LogP) is 6.70.